The van der Waals surface area contributed by atoms with Crippen molar-refractivity contribution in [2.75, 3.05) is 26.0 Å². The molecule has 2 rings (SSSR count). The number of likely N-dealkylation sites (N-methyl/N-ethyl adjacent to an activating group) is 1. The van der Waals surface area contributed by atoms with Crippen molar-refractivity contribution in [2.45, 2.75) is 6.54 Å². The average Bonchev–Trinajstić information content (AvgIpc) is 3.11. The molecule has 9 nitrogen and oxygen atoms in total. The number of ether oxygens (including phenoxy) is 1. The van der Waals surface area contributed by atoms with Crippen LogP contribution in [0.5, 0.6) is 0 Å². The van der Waals surface area contributed by atoms with E-state index in [9.17, 15) is 19.7 Å². The number of nitrogens with zero attached hydrogens (tertiary/aromatic N) is 2. The summed E-state index contributed by atoms with van der Waals surface area (Å²) in [5, 5.41) is 13.7. The highest BCUT2D eigenvalue weighted by atomic mass is 16.6. The monoisotopic (exact) mass is 347 g/mol. The van der Waals surface area contributed by atoms with E-state index >= 15 is 0 Å². The molecule has 0 saturated carbocycles. The Morgan fingerprint density at radius 1 is 1.36 bits per heavy atom. The first-order valence-electron chi connectivity index (χ1n) is 7.32. The average molecular weight is 347 g/mol. The molecule has 9 heteroatoms. The first kappa shape index (κ1) is 18.0. The summed E-state index contributed by atoms with van der Waals surface area (Å²) < 4.78 is 10.1. The van der Waals surface area contributed by atoms with E-state index in [1.165, 1.54) is 30.3 Å². The van der Waals surface area contributed by atoms with Crippen molar-refractivity contribution in [3.8, 4) is 0 Å². The van der Waals surface area contributed by atoms with E-state index in [1.807, 2.05) is 0 Å². The Morgan fingerprint density at radius 3 is 2.72 bits per heavy atom. The minimum atomic E-state index is -0.814. The number of hydrogen-bond donors (Lipinski definition) is 1. The maximum absolute atomic E-state index is 12.0. The Balaban J connectivity index is 1.96. The zero-order chi connectivity index (χ0) is 18.4. The lowest BCUT2D eigenvalue weighted by molar-refractivity contribution is -0.384. The third-order valence-electron chi connectivity index (χ3n) is 3.43. The molecule has 0 saturated heterocycles. The van der Waals surface area contributed by atoms with Crippen LogP contribution in [0.4, 0.5) is 11.4 Å². The molecular formula is C16H17N3O6. The smallest absolute Gasteiger partial charge is 0.338 e. The van der Waals surface area contributed by atoms with E-state index in [1.54, 1.807) is 19.2 Å². The lowest BCUT2D eigenvalue weighted by atomic mass is 10.1. The second-order valence-corrected chi connectivity index (χ2v) is 5.14. The third kappa shape index (κ3) is 4.56. The minimum absolute atomic E-state index is 0.00723. The van der Waals surface area contributed by atoms with Crippen molar-refractivity contribution >= 4 is 23.3 Å². The van der Waals surface area contributed by atoms with E-state index in [-0.39, 0.29) is 23.5 Å². The SMILES string of the molecule is CNc1ccc(C(=O)OCC(=O)N(C)Cc2ccco2)cc1[N+](=O)[O-]. The van der Waals surface area contributed by atoms with Crippen LogP contribution in [0.15, 0.2) is 41.0 Å². The van der Waals surface area contributed by atoms with Gasteiger partial charge in [0.1, 0.15) is 11.4 Å². The maximum atomic E-state index is 12.0. The van der Waals surface area contributed by atoms with Gasteiger partial charge in [0.05, 0.1) is 23.3 Å². The van der Waals surface area contributed by atoms with Crippen LogP contribution in [-0.4, -0.2) is 42.4 Å². The second-order valence-electron chi connectivity index (χ2n) is 5.14. The number of rotatable bonds is 7. The van der Waals surface area contributed by atoms with Crippen LogP contribution in [0, 0.1) is 10.1 Å². The first-order chi connectivity index (χ1) is 11.9. The number of anilines is 1. The van der Waals surface area contributed by atoms with E-state index in [0.29, 0.717) is 5.76 Å². The molecule has 1 aromatic heterocycles. The Hall–Kier alpha value is -3.36. The maximum Gasteiger partial charge on any atom is 0.338 e. The molecule has 0 aliphatic heterocycles. The highest BCUT2D eigenvalue weighted by Gasteiger charge is 2.19. The predicted molar refractivity (Wildman–Crippen MR) is 88.1 cm³/mol. The van der Waals surface area contributed by atoms with Crippen molar-refractivity contribution in [3.63, 3.8) is 0 Å². The number of nitro groups is 1. The zero-order valence-corrected chi connectivity index (χ0v) is 13.7. The molecule has 0 aliphatic rings. The van der Waals surface area contributed by atoms with E-state index < -0.39 is 23.4 Å². The standard InChI is InChI=1S/C16H17N3O6/c1-17-13-6-5-11(8-14(13)19(22)23)16(21)25-10-15(20)18(2)9-12-4-3-7-24-12/h3-8,17H,9-10H2,1-2H3. The highest BCUT2D eigenvalue weighted by molar-refractivity contribution is 5.93. The highest BCUT2D eigenvalue weighted by Crippen LogP contribution is 2.25. The number of carbonyl (C=O) groups is 2. The second kappa shape index (κ2) is 7.95. The lowest BCUT2D eigenvalue weighted by Crippen LogP contribution is -2.30. The number of esters is 1. The molecule has 0 bridgehead atoms. The van der Waals surface area contributed by atoms with Crippen molar-refractivity contribution < 1.29 is 23.7 Å². The molecule has 0 aliphatic carbocycles. The molecule has 1 amide bonds. The van der Waals surface area contributed by atoms with Gasteiger partial charge in [0.2, 0.25) is 0 Å². The van der Waals surface area contributed by atoms with Crippen LogP contribution in [0.3, 0.4) is 0 Å². The van der Waals surface area contributed by atoms with Gasteiger partial charge in [0.15, 0.2) is 6.61 Å². The summed E-state index contributed by atoms with van der Waals surface area (Å²) in [7, 11) is 3.08. The van der Waals surface area contributed by atoms with Crippen molar-refractivity contribution in [3.05, 3.63) is 58.0 Å². The summed E-state index contributed by atoms with van der Waals surface area (Å²) in [6.45, 7) is -0.233. The quantitative estimate of drug-likeness (QED) is 0.463. The topological polar surface area (TPSA) is 115 Å². The van der Waals surface area contributed by atoms with E-state index in [2.05, 4.69) is 5.32 Å². The Bertz CT molecular complexity index is 772. The van der Waals surface area contributed by atoms with Crippen LogP contribution >= 0.6 is 0 Å². The van der Waals surface area contributed by atoms with Crippen LogP contribution in [-0.2, 0) is 16.1 Å². The molecule has 0 atom stereocenters. The van der Waals surface area contributed by atoms with Gasteiger partial charge in [-0.25, -0.2) is 4.79 Å². The van der Waals surface area contributed by atoms with Gasteiger partial charge in [-0.1, -0.05) is 0 Å². The van der Waals surface area contributed by atoms with E-state index in [0.717, 1.165) is 6.07 Å². The predicted octanol–water partition coefficient (Wildman–Crippen LogP) is 2.04. The summed E-state index contributed by atoms with van der Waals surface area (Å²) in [6.07, 6.45) is 1.50. The summed E-state index contributed by atoms with van der Waals surface area (Å²) in [5.74, 6) is -0.642. The summed E-state index contributed by atoms with van der Waals surface area (Å²) >= 11 is 0. The summed E-state index contributed by atoms with van der Waals surface area (Å²) in [6, 6.07) is 7.32. The number of nitrogens with one attached hydrogen (secondary N) is 1. The lowest BCUT2D eigenvalue weighted by Gasteiger charge is -2.15. The molecule has 132 valence electrons. The van der Waals surface area contributed by atoms with Gasteiger partial charge in [-0.05, 0) is 24.3 Å². The number of furan rings is 1. The Labute approximate surface area is 143 Å². The minimum Gasteiger partial charge on any atom is -0.467 e. The Kier molecular flexibility index (Phi) is 5.72. The van der Waals surface area contributed by atoms with Crippen LogP contribution in [0.25, 0.3) is 0 Å². The van der Waals surface area contributed by atoms with Crippen LogP contribution in [0.2, 0.25) is 0 Å². The fourth-order valence-corrected chi connectivity index (χ4v) is 2.07. The van der Waals surface area contributed by atoms with Gasteiger partial charge >= 0.3 is 5.97 Å². The molecule has 0 fully saturated rings. The fraction of sp³-hybridized carbons (Fsp3) is 0.250. The first-order valence-corrected chi connectivity index (χ1v) is 7.32. The van der Waals surface area contributed by atoms with Gasteiger partial charge in [-0.2, -0.15) is 0 Å². The van der Waals surface area contributed by atoms with Crippen LogP contribution in [0.1, 0.15) is 16.1 Å². The van der Waals surface area contributed by atoms with Gasteiger partial charge in [0, 0.05) is 20.2 Å². The molecule has 25 heavy (non-hydrogen) atoms. The number of hydrogen-bond acceptors (Lipinski definition) is 7. The molecule has 0 radical (unpaired) electrons. The van der Waals surface area contributed by atoms with Gasteiger partial charge in [-0.3, -0.25) is 14.9 Å². The molecular weight excluding hydrogens is 330 g/mol. The zero-order valence-electron chi connectivity index (χ0n) is 13.7. The van der Waals surface area contributed by atoms with Gasteiger partial charge in [-0.15, -0.1) is 0 Å². The van der Waals surface area contributed by atoms with Gasteiger partial charge < -0.3 is 19.4 Å². The van der Waals surface area contributed by atoms with Crippen LogP contribution < -0.4 is 5.32 Å². The molecule has 1 N–H and O–H groups in total. The normalized spacial score (nSPS) is 10.2. The van der Waals surface area contributed by atoms with E-state index in [4.69, 9.17) is 9.15 Å². The van der Waals surface area contributed by atoms with Crippen molar-refractivity contribution in [1.82, 2.24) is 4.90 Å². The molecule has 1 aromatic carbocycles. The fourth-order valence-electron chi connectivity index (χ4n) is 2.07. The van der Waals surface area contributed by atoms with Gasteiger partial charge in [0.25, 0.3) is 11.6 Å². The largest absolute Gasteiger partial charge is 0.467 e. The summed E-state index contributed by atoms with van der Waals surface area (Å²) in [5.41, 5.74) is 0.0150. The third-order valence-corrected chi connectivity index (χ3v) is 3.43. The molecule has 1 heterocycles. The van der Waals surface area contributed by atoms with Crippen molar-refractivity contribution in [1.29, 1.82) is 0 Å². The Morgan fingerprint density at radius 2 is 2.12 bits per heavy atom. The number of benzene rings is 1. The van der Waals surface area contributed by atoms with Crippen molar-refractivity contribution in [2.24, 2.45) is 0 Å². The number of amides is 1. The summed E-state index contributed by atoms with van der Waals surface area (Å²) in [4.78, 5) is 35.7. The number of carbonyl (C=O) groups excluding carboxylic acids is 2. The molecule has 2 aromatic rings. The molecule has 0 spiro atoms. The molecule has 0 unspecified atom stereocenters. The number of nitro benzene ring substituents is 1.